The SMILES string of the molecule is COc1ccc(C(=O)NC(=O)CN2CCOC(c3ccc(Br)cc3)C2)cc1. The number of nitrogens with one attached hydrogen (secondary N) is 1. The molecule has 1 aliphatic rings. The number of morpholine rings is 1. The van der Waals surface area contributed by atoms with Gasteiger partial charge in [0.05, 0.1) is 26.4 Å². The van der Waals surface area contributed by atoms with Crippen LogP contribution in [0.5, 0.6) is 5.75 Å². The van der Waals surface area contributed by atoms with Crippen molar-refractivity contribution < 1.29 is 19.1 Å². The zero-order valence-corrected chi connectivity index (χ0v) is 16.6. The van der Waals surface area contributed by atoms with Crippen LogP contribution in [0.25, 0.3) is 0 Å². The van der Waals surface area contributed by atoms with Crippen molar-refractivity contribution in [3.63, 3.8) is 0 Å². The molecule has 1 unspecified atom stereocenters. The van der Waals surface area contributed by atoms with E-state index in [0.717, 1.165) is 10.0 Å². The van der Waals surface area contributed by atoms with E-state index in [1.807, 2.05) is 29.2 Å². The summed E-state index contributed by atoms with van der Waals surface area (Å²) in [4.78, 5) is 26.4. The molecule has 1 heterocycles. The summed E-state index contributed by atoms with van der Waals surface area (Å²) >= 11 is 3.42. The quantitative estimate of drug-likeness (QED) is 0.786. The van der Waals surface area contributed by atoms with Gasteiger partial charge in [0.1, 0.15) is 5.75 Å². The van der Waals surface area contributed by atoms with Gasteiger partial charge in [0, 0.05) is 23.1 Å². The number of nitrogens with zero attached hydrogens (tertiary/aromatic N) is 1. The molecule has 0 bridgehead atoms. The Morgan fingerprint density at radius 1 is 1.19 bits per heavy atom. The summed E-state index contributed by atoms with van der Waals surface area (Å²) in [7, 11) is 1.56. The summed E-state index contributed by atoms with van der Waals surface area (Å²) in [5, 5.41) is 2.44. The Bertz CT molecular complexity index is 793. The molecule has 1 fully saturated rings. The smallest absolute Gasteiger partial charge is 0.257 e. The Morgan fingerprint density at radius 2 is 1.89 bits per heavy atom. The summed E-state index contributed by atoms with van der Waals surface area (Å²) in [6.07, 6.45) is -0.0862. The number of benzene rings is 2. The number of carbonyl (C=O) groups excluding carboxylic acids is 2. The fourth-order valence-corrected chi connectivity index (χ4v) is 3.17. The third-order valence-electron chi connectivity index (χ3n) is 4.36. The van der Waals surface area contributed by atoms with Gasteiger partial charge in [0.25, 0.3) is 5.91 Å². The third-order valence-corrected chi connectivity index (χ3v) is 4.89. The van der Waals surface area contributed by atoms with Crippen LogP contribution in [-0.4, -0.2) is 50.1 Å². The molecule has 1 atom stereocenters. The molecule has 1 saturated heterocycles. The number of halogens is 1. The van der Waals surface area contributed by atoms with Crippen molar-refractivity contribution >= 4 is 27.7 Å². The van der Waals surface area contributed by atoms with Gasteiger partial charge < -0.3 is 9.47 Å². The van der Waals surface area contributed by atoms with Gasteiger partial charge in [-0.05, 0) is 42.0 Å². The molecule has 27 heavy (non-hydrogen) atoms. The van der Waals surface area contributed by atoms with Crippen molar-refractivity contribution in [1.29, 1.82) is 0 Å². The van der Waals surface area contributed by atoms with E-state index in [2.05, 4.69) is 21.2 Å². The van der Waals surface area contributed by atoms with E-state index in [1.54, 1.807) is 31.4 Å². The number of ether oxygens (including phenoxy) is 2. The Kier molecular flexibility index (Phi) is 6.60. The van der Waals surface area contributed by atoms with Gasteiger partial charge in [-0.3, -0.25) is 19.8 Å². The summed E-state index contributed by atoms with van der Waals surface area (Å²) < 4.78 is 11.9. The second-order valence-electron chi connectivity index (χ2n) is 6.25. The summed E-state index contributed by atoms with van der Waals surface area (Å²) in [6, 6.07) is 14.6. The molecule has 1 aliphatic heterocycles. The minimum absolute atomic E-state index is 0.0862. The van der Waals surface area contributed by atoms with Crippen molar-refractivity contribution in [3.8, 4) is 5.75 Å². The van der Waals surface area contributed by atoms with E-state index < -0.39 is 5.91 Å². The molecule has 0 aromatic heterocycles. The predicted molar refractivity (Wildman–Crippen MR) is 105 cm³/mol. The van der Waals surface area contributed by atoms with Crippen LogP contribution < -0.4 is 10.1 Å². The van der Waals surface area contributed by atoms with Crippen LogP contribution >= 0.6 is 15.9 Å². The second kappa shape index (κ2) is 9.12. The van der Waals surface area contributed by atoms with Crippen molar-refractivity contribution in [2.45, 2.75) is 6.10 Å². The molecular formula is C20H21BrN2O4. The highest BCUT2D eigenvalue weighted by Crippen LogP contribution is 2.23. The number of hydrogen-bond acceptors (Lipinski definition) is 5. The Balaban J connectivity index is 1.53. The maximum atomic E-state index is 12.3. The van der Waals surface area contributed by atoms with Crippen molar-refractivity contribution in [2.24, 2.45) is 0 Å². The number of hydrogen-bond donors (Lipinski definition) is 1. The van der Waals surface area contributed by atoms with Crippen LogP contribution in [0.15, 0.2) is 53.0 Å². The van der Waals surface area contributed by atoms with E-state index >= 15 is 0 Å². The number of amides is 2. The first-order valence-corrected chi connectivity index (χ1v) is 9.42. The van der Waals surface area contributed by atoms with Crippen LogP contribution in [0.2, 0.25) is 0 Å². The van der Waals surface area contributed by atoms with Gasteiger partial charge in [-0.1, -0.05) is 28.1 Å². The van der Waals surface area contributed by atoms with Crippen molar-refractivity contribution in [1.82, 2.24) is 10.2 Å². The topological polar surface area (TPSA) is 67.9 Å². The van der Waals surface area contributed by atoms with Gasteiger partial charge >= 0.3 is 0 Å². The fourth-order valence-electron chi connectivity index (χ4n) is 2.91. The van der Waals surface area contributed by atoms with Gasteiger partial charge in [-0.2, -0.15) is 0 Å². The average molecular weight is 433 g/mol. The molecule has 0 aliphatic carbocycles. The fraction of sp³-hybridized carbons (Fsp3) is 0.300. The first-order valence-electron chi connectivity index (χ1n) is 8.63. The average Bonchev–Trinajstić information content (AvgIpc) is 2.68. The highest BCUT2D eigenvalue weighted by Gasteiger charge is 2.24. The Hall–Kier alpha value is -2.22. The molecule has 1 N–H and O–H groups in total. The number of carbonyl (C=O) groups is 2. The summed E-state index contributed by atoms with van der Waals surface area (Å²) in [6.45, 7) is 1.95. The third kappa shape index (κ3) is 5.38. The van der Waals surface area contributed by atoms with Gasteiger partial charge in [0.2, 0.25) is 5.91 Å². The first-order chi connectivity index (χ1) is 13.0. The number of imide groups is 1. The standard InChI is InChI=1S/C20H21BrN2O4/c1-26-17-8-4-15(5-9-17)20(25)22-19(24)13-23-10-11-27-18(12-23)14-2-6-16(21)7-3-14/h2-9,18H,10-13H2,1H3,(H,22,24,25). The summed E-state index contributed by atoms with van der Waals surface area (Å²) in [5.74, 6) is -0.0853. The monoisotopic (exact) mass is 432 g/mol. The van der Waals surface area contributed by atoms with Crippen molar-refractivity contribution in [2.75, 3.05) is 33.4 Å². The van der Waals surface area contributed by atoms with Crippen LogP contribution in [0, 0.1) is 0 Å². The predicted octanol–water partition coefficient (Wildman–Crippen LogP) is 2.79. The zero-order valence-electron chi connectivity index (χ0n) is 15.0. The zero-order chi connectivity index (χ0) is 19.2. The lowest BCUT2D eigenvalue weighted by Crippen LogP contribution is -2.45. The van der Waals surface area contributed by atoms with Crippen LogP contribution in [-0.2, 0) is 9.53 Å². The Morgan fingerprint density at radius 3 is 2.56 bits per heavy atom. The number of rotatable bonds is 5. The molecule has 2 aromatic carbocycles. The van der Waals surface area contributed by atoms with Crippen molar-refractivity contribution in [3.05, 3.63) is 64.1 Å². The lowest BCUT2D eigenvalue weighted by molar-refractivity contribution is -0.123. The second-order valence-corrected chi connectivity index (χ2v) is 7.17. The van der Waals surface area contributed by atoms with Gasteiger partial charge in [-0.15, -0.1) is 0 Å². The molecule has 142 valence electrons. The summed E-state index contributed by atoms with van der Waals surface area (Å²) in [5.41, 5.74) is 1.48. The van der Waals surface area contributed by atoms with E-state index in [4.69, 9.17) is 9.47 Å². The molecule has 0 radical (unpaired) electrons. The molecular weight excluding hydrogens is 412 g/mol. The largest absolute Gasteiger partial charge is 0.497 e. The van der Waals surface area contributed by atoms with E-state index in [0.29, 0.717) is 31.0 Å². The normalized spacial score (nSPS) is 17.3. The first kappa shape index (κ1) is 19.5. The van der Waals surface area contributed by atoms with Crippen LogP contribution in [0.4, 0.5) is 0 Å². The molecule has 2 amide bonds. The minimum Gasteiger partial charge on any atom is -0.497 e. The van der Waals surface area contributed by atoms with Crippen LogP contribution in [0.3, 0.4) is 0 Å². The lowest BCUT2D eigenvalue weighted by atomic mass is 10.1. The molecule has 0 spiro atoms. The maximum Gasteiger partial charge on any atom is 0.257 e. The van der Waals surface area contributed by atoms with Crippen LogP contribution in [0.1, 0.15) is 22.0 Å². The van der Waals surface area contributed by atoms with Gasteiger partial charge in [-0.25, -0.2) is 0 Å². The van der Waals surface area contributed by atoms with E-state index in [1.165, 1.54) is 0 Å². The molecule has 3 rings (SSSR count). The molecule has 7 heteroatoms. The number of methoxy groups -OCH3 is 1. The maximum absolute atomic E-state index is 12.3. The van der Waals surface area contributed by atoms with Gasteiger partial charge in [0.15, 0.2) is 0 Å². The van der Waals surface area contributed by atoms with E-state index in [9.17, 15) is 9.59 Å². The highest BCUT2D eigenvalue weighted by molar-refractivity contribution is 9.10. The minimum atomic E-state index is -0.416. The van der Waals surface area contributed by atoms with E-state index in [-0.39, 0.29) is 18.6 Å². The Labute approximate surface area is 166 Å². The molecule has 0 saturated carbocycles. The lowest BCUT2D eigenvalue weighted by Gasteiger charge is -2.32. The molecule has 6 nitrogen and oxygen atoms in total. The highest BCUT2D eigenvalue weighted by atomic mass is 79.9. The molecule has 2 aromatic rings.